The number of ether oxygens (including phenoxy) is 1. The Bertz CT molecular complexity index is 266. The van der Waals surface area contributed by atoms with Crippen molar-refractivity contribution in [2.45, 2.75) is 52.4 Å². The second-order valence-corrected chi connectivity index (χ2v) is 5.91. The van der Waals surface area contributed by atoms with Crippen LogP contribution >= 0.6 is 24.0 Å². The minimum absolute atomic E-state index is 0. The van der Waals surface area contributed by atoms with Gasteiger partial charge in [-0.1, -0.05) is 19.8 Å². The second kappa shape index (κ2) is 13.6. The van der Waals surface area contributed by atoms with Crippen LogP contribution in [0.15, 0.2) is 4.99 Å². The molecule has 0 aromatic heterocycles. The van der Waals surface area contributed by atoms with Gasteiger partial charge in [-0.3, -0.25) is 4.99 Å². The quantitative estimate of drug-likeness (QED) is 0.279. The first kappa shape index (κ1) is 21.0. The van der Waals surface area contributed by atoms with Gasteiger partial charge in [0, 0.05) is 33.4 Å². The average Bonchev–Trinajstić information content (AvgIpc) is 2.47. The molecule has 0 radical (unpaired) electrons. The molecule has 21 heavy (non-hydrogen) atoms. The Morgan fingerprint density at radius 1 is 1.14 bits per heavy atom. The highest BCUT2D eigenvalue weighted by Crippen LogP contribution is 2.27. The van der Waals surface area contributed by atoms with Crippen LogP contribution in [0.4, 0.5) is 0 Å². The Hall–Kier alpha value is -0.0400. The van der Waals surface area contributed by atoms with Crippen LogP contribution in [0.5, 0.6) is 0 Å². The zero-order valence-corrected chi connectivity index (χ0v) is 16.3. The van der Waals surface area contributed by atoms with Gasteiger partial charge in [-0.05, 0) is 44.4 Å². The van der Waals surface area contributed by atoms with Crippen molar-refractivity contribution >= 4 is 29.9 Å². The van der Waals surface area contributed by atoms with Gasteiger partial charge in [0.15, 0.2) is 5.96 Å². The Morgan fingerprint density at radius 2 is 1.86 bits per heavy atom. The zero-order chi connectivity index (χ0) is 14.6. The Morgan fingerprint density at radius 3 is 2.48 bits per heavy atom. The van der Waals surface area contributed by atoms with E-state index in [0.717, 1.165) is 56.9 Å². The fourth-order valence-electron chi connectivity index (χ4n) is 2.68. The van der Waals surface area contributed by atoms with E-state index in [-0.39, 0.29) is 24.0 Å². The minimum atomic E-state index is 0. The summed E-state index contributed by atoms with van der Waals surface area (Å²) in [6.45, 7) is 8.11. The SMILES string of the molecule is CCOCCCCNC(=NC)NCC1CCC(C)CC1.I. The molecule has 0 unspecified atom stereocenters. The Kier molecular flexibility index (Phi) is 13.6. The van der Waals surface area contributed by atoms with Gasteiger partial charge in [0.05, 0.1) is 0 Å². The summed E-state index contributed by atoms with van der Waals surface area (Å²) in [7, 11) is 1.85. The molecule has 4 nitrogen and oxygen atoms in total. The summed E-state index contributed by atoms with van der Waals surface area (Å²) >= 11 is 0. The van der Waals surface area contributed by atoms with Gasteiger partial charge >= 0.3 is 0 Å². The molecule has 2 N–H and O–H groups in total. The van der Waals surface area contributed by atoms with E-state index in [0.29, 0.717) is 0 Å². The van der Waals surface area contributed by atoms with Crippen LogP contribution in [0.3, 0.4) is 0 Å². The maximum absolute atomic E-state index is 5.33. The van der Waals surface area contributed by atoms with Gasteiger partial charge < -0.3 is 15.4 Å². The number of halogens is 1. The monoisotopic (exact) mass is 411 g/mol. The van der Waals surface area contributed by atoms with E-state index in [2.05, 4.69) is 22.5 Å². The lowest BCUT2D eigenvalue weighted by Crippen LogP contribution is -2.40. The number of nitrogens with one attached hydrogen (secondary N) is 2. The van der Waals surface area contributed by atoms with Crippen molar-refractivity contribution in [3.8, 4) is 0 Å². The number of rotatable bonds is 8. The molecule has 0 spiro atoms. The summed E-state index contributed by atoms with van der Waals surface area (Å²) in [5.74, 6) is 2.69. The largest absolute Gasteiger partial charge is 0.382 e. The molecule has 0 atom stereocenters. The van der Waals surface area contributed by atoms with Crippen molar-refractivity contribution in [3.05, 3.63) is 0 Å². The van der Waals surface area contributed by atoms with Crippen molar-refractivity contribution in [3.63, 3.8) is 0 Å². The maximum Gasteiger partial charge on any atom is 0.190 e. The first-order valence-electron chi connectivity index (χ1n) is 8.28. The van der Waals surface area contributed by atoms with Gasteiger partial charge in [0.1, 0.15) is 0 Å². The van der Waals surface area contributed by atoms with Crippen molar-refractivity contribution in [2.24, 2.45) is 16.8 Å². The molecular formula is C16H34IN3O. The summed E-state index contributed by atoms with van der Waals surface area (Å²) in [5, 5.41) is 6.84. The molecule has 0 saturated heterocycles. The van der Waals surface area contributed by atoms with Crippen molar-refractivity contribution in [1.82, 2.24) is 10.6 Å². The molecule has 0 heterocycles. The predicted molar refractivity (Wildman–Crippen MR) is 102 cm³/mol. The fourth-order valence-corrected chi connectivity index (χ4v) is 2.68. The van der Waals surface area contributed by atoms with E-state index in [1.54, 1.807) is 0 Å². The van der Waals surface area contributed by atoms with Crippen LogP contribution in [0.25, 0.3) is 0 Å². The molecule has 0 bridgehead atoms. The number of nitrogens with zero attached hydrogens (tertiary/aromatic N) is 1. The van der Waals surface area contributed by atoms with Gasteiger partial charge in [0.25, 0.3) is 0 Å². The van der Waals surface area contributed by atoms with E-state index in [1.165, 1.54) is 25.7 Å². The first-order chi connectivity index (χ1) is 9.76. The molecule has 0 aromatic rings. The fraction of sp³-hybridized carbons (Fsp3) is 0.938. The lowest BCUT2D eigenvalue weighted by molar-refractivity contribution is 0.143. The summed E-state index contributed by atoms with van der Waals surface area (Å²) in [4.78, 5) is 4.28. The summed E-state index contributed by atoms with van der Waals surface area (Å²) in [5.41, 5.74) is 0. The average molecular weight is 411 g/mol. The highest BCUT2D eigenvalue weighted by molar-refractivity contribution is 14.0. The summed E-state index contributed by atoms with van der Waals surface area (Å²) < 4.78 is 5.33. The van der Waals surface area contributed by atoms with Crippen molar-refractivity contribution in [1.29, 1.82) is 0 Å². The smallest absolute Gasteiger partial charge is 0.190 e. The third-order valence-corrected chi connectivity index (χ3v) is 4.13. The van der Waals surface area contributed by atoms with Gasteiger partial charge in [-0.25, -0.2) is 0 Å². The van der Waals surface area contributed by atoms with E-state index in [1.807, 2.05) is 14.0 Å². The molecule has 0 amide bonds. The van der Waals surface area contributed by atoms with E-state index in [9.17, 15) is 0 Å². The minimum Gasteiger partial charge on any atom is -0.382 e. The highest BCUT2D eigenvalue weighted by atomic mass is 127. The Labute approximate surface area is 147 Å². The molecule has 1 rings (SSSR count). The topological polar surface area (TPSA) is 45.6 Å². The van der Waals surface area contributed by atoms with Crippen LogP contribution in [0.1, 0.15) is 52.4 Å². The van der Waals surface area contributed by atoms with Gasteiger partial charge in [0.2, 0.25) is 0 Å². The number of hydrogen-bond donors (Lipinski definition) is 2. The van der Waals surface area contributed by atoms with Crippen LogP contribution in [0.2, 0.25) is 0 Å². The molecule has 1 aliphatic rings. The lowest BCUT2D eigenvalue weighted by Gasteiger charge is -2.26. The lowest BCUT2D eigenvalue weighted by atomic mass is 9.83. The van der Waals surface area contributed by atoms with Gasteiger partial charge in [-0.2, -0.15) is 0 Å². The van der Waals surface area contributed by atoms with Crippen LogP contribution in [-0.2, 0) is 4.74 Å². The molecular weight excluding hydrogens is 377 g/mol. The molecule has 0 aliphatic heterocycles. The number of hydrogen-bond acceptors (Lipinski definition) is 2. The Balaban J connectivity index is 0.00000400. The number of guanidine groups is 1. The number of unbranched alkanes of at least 4 members (excludes halogenated alkanes) is 1. The second-order valence-electron chi connectivity index (χ2n) is 5.91. The van der Waals surface area contributed by atoms with E-state index in [4.69, 9.17) is 4.74 Å². The zero-order valence-electron chi connectivity index (χ0n) is 14.0. The van der Waals surface area contributed by atoms with Crippen LogP contribution in [-0.4, -0.2) is 39.3 Å². The van der Waals surface area contributed by atoms with Crippen molar-refractivity contribution in [2.75, 3.05) is 33.4 Å². The standard InChI is InChI=1S/C16H33N3O.HI/c1-4-20-12-6-5-11-18-16(17-3)19-13-15-9-7-14(2)8-10-15;/h14-15H,4-13H2,1-3H3,(H2,17,18,19);1H. The van der Waals surface area contributed by atoms with Crippen molar-refractivity contribution < 1.29 is 4.74 Å². The number of aliphatic imine (C=N–C) groups is 1. The highest BCUT2D eigenvalue weighted by Gasteiger charge is 2.18. The molecule has 1 aliphatic carbocycles. The third kappa shape index (κ3) is 10.3. The molecule has 0 aromatic carbocycles. The molecule has 5 heteroatoms. The predicted octanol–water partition coefficient (Wildman–Crippen LogP) is 3.41. The normalized spacial score (nSPS) is 22.5. The third-order valence-electron chi connectivity index (χ3n) is 4.13. The van der Waals surface area contributed by atoms with Crippen LogP contribution < -0.4 is 10.6 Å². The summed E-state index contributed by atoms with van der Waals surface area (Å²) in [6.07, 6.45) is 7.73. The van der Waals surface area contributed by atoms with Crippen LogP contribution in [0, 0.1) is 11.8 Å². The molecule has 126 valence electrons. The van der Waals surface area contributed by atoms with Gasteiger partial charge in [-0.15, -0.1) is 24.0 Å². The maximum atomic E-state index is 5.33. The molecule has 1 fully saturated rings. The first-order valence-corrected chi connectivity index (χ1v) is 8.28. The van der Waals surface area contributed by atoms with E-state index >= 15 is 0 Å². The molecule has 1 saturated carbocycles. The van der Waals surface area contributed by atoms with E-state index < -0.39 is 0 Å². The summed E-state index contributed by atoms with van der Waals surface area (Å²) in [6, 6.07) is 0.